The zero-order valence-electron chi connectivity index (χ0n) is 12.0. The zero-order chi connectivity index (χ0) is 15.1. The molecule has 0 N–H and O–H groups in total. The van der Waals surface area contributed by atoms with Crippen molar-refractivity contribution in [3.8, 4) is 11.5 Å². The van der Waals surface area contributed by atoms with E-state index in [4.69, 9.17) is 14.2 Å². The molecule has 0 saturated carbocycles. The lowest BCUT2D eigenvalue weighted by Gasteiger charge is -2.15. The van der Waals surface area contributed by atoms with Crippen LogP contribution >= 0.6 is 0 Å². The molecule has 0 heterocycles. The van der Waals surface area contributed by atoms with E-state index in [2.05, 4.69) is 4.74 Å². The van der Waals surface area contributed by atoms with Crippen LogP contribution in [0.1, 0.15) is 11.5 Å². The topological polar surface area (TPSA) is 71.1 Å². The average Bonchev–Trinajstić information content (AvgIpc) is 2.47. The first-order valence-electron chi connectivity index (χ1n) is 5.90. The third kappa shape index (κ3) is 3.48. The summed E-state index contributed by atoms with van der Waals surface area (Å²) in [6, 6.07) is 4.83. The smallest absolute Gasteiger partial charge is 0.320 e. The van der Waals surface area contributed by atoms with E-state index in [-0.39, 0.29) is 12.4 Å². The third-order valence-electron chi connectivity index (χ3n) is 2.79. The lowest BCUT2D eigenvalue weighted by atomic mass is 9.94. The van der Waals surface area contributed by atoms with Gasteiger partial charge in [0, 0.05) is 7.11 Å². The second-order valence-electron chi connectivity index (χ2n) is 3.97. The van der Waals surface area contributed by atoms with Crippen molar-refractivity contribution in [2.45, 2.75) is 5.92 Å². The number of carbonyl (C=O) groups excluding carboxylic acids is 2. The second-order valence-corrected chi connectivity index (χ2v) is 3.97. The second kappa shape index (κ2) is 7.49. The molecular weight excluding hydrogens is 264 g/mol. The Balaban J connectivity index is 3.20. The Hall–Kier alpha value is -2.08. The first kappa shape index (κ1) is 16.0. The number of ether oxygens (including phenoxy) is 4. The molecule has 1 unspecified atom stereocenters. The van der Waals surface area contributed by atoms with Crippen LogP contribution in [-0.4, -0.2) is 46.8 Å². The molecule has 6 heteroatoms. The SMILES string of the molecule is COCC(=O)C(C(=O)OC)c1ccc(OC)c(OC)c1. The molecule has 0 amide bonds. The van der Waals surface area contributed by atoms with Gasteiger partial charge in [0.05, 0.1) is 21.3 Å². The molecule has 0 aliphatic rings. The average molecular weight is 282 g/mol. The monoisotopic (exact) mass is 282 g/mol. The summed E-state index contributed by atoms with van der Waals surface area (Å²) < 4.78 is 19.7. The van der Waals surface area contributed by atoms with Crippen molar-refractivity contribution in [3.63, 3.8) is 0 Å². The summed E-state index contributed by atoms with van der Waals surface area (Å²) in [6.45, 7) is -0.173. The maximum absolute atomic E-state index is 12.0. The largest absolute Gasteiger partial charge is 0.493 e. The Labute approximate surface area is 117 Å². The van der Waals surface area contributed by atoms with Gasteiger partial charge in [-0.3, -0.25) is 9.59 Å². The van der Waals surface area contributed by atoms with Crippen LogP contribution in [-0.2, 0) is 19.1 Å². The van der Waals surface area contributed by atoms with Crippen LogP contribution in [0.4, 0.5) is 0 Å². The van der Waals surface area contributed by atoms with Gasteiger partial charge in [-0.2, -0.15) is 0 Å². The normalized spacial score (nSPS) is 11.6. The van der Waals surface area contributed by atoms with Crippen LogP contribution in [0.15, 0.2) is 18.2 Å². The summed E-state index contributed by atoms with van der Waals surface area (Å²) in [6.07, 6.45) is 0. The Bertz CT molecular complexity index is 483. The molecule has 1 atom stereocenters. The highest BCUT2D eigenvalue weighted by Gasteiger charge is 2.30. The highest BCUT2D eigenvalue weighted by molar-refractivity contribution is 6.05. The zero-order valence-corrected chi connectivity index (χ0v) is 12.0. The molecule has 0 spiro atoms. The number of carbonyl (C=O) groups is 2. The van der Waals surface area contributed by atoms with Gasteiger partial charge in [-0.05, 0) is 17.7 Å². The summed E-state index contributed by atoms with van der Waals surface area (Å²) in [5, 5.41) is 0. The van der Waals surface area contributed by atoms with E-state index in [1.54, 1.807) is 18.2 Å². The molecule has 1 aromatic rings. The van der Waals surface area contributed by atoms with Crippen LogP contribution in [0, 0.1) is 0 Å². The highest BCUT2D eigenvalue weighted by Crippen LogP contribution is 2.31. The van der Waals surface area contributed by atoms with Crippen molar-refractivity contribution in [2.24, 2.45) is 0 Å². The molecule has 6 nitrogen and oxygen atoms in total. The molecule has 1 rings (SSSR count). The van der Waals surface area contributed by atoms with Gasteiger partial charge < -0.3 is 18.9 Å². The molecule has 0 aliphatic carbocycles. The van der Waals surface area contributed by atoms with Crippen LogP contribution < -0.4 is 9.47 Å². The Morgan fingerprint density at radius 1 is 1.05 bits per heavy atom. The number of ketones is 1. The van der Waals surface area contributed by atoms with Crippen LogP contribution in [0.3, 0.4) is 0 Å². The number of methoxy groups -OCH3 is 4. The van der Waals surface area contributed by atoms with Crippen molar-refractivity contribution in [3.05, 3.63) is 23.8 Å². The van der Waals surface area contributed by atoms with Crippen molar-refractivity contribution in [1.29, 1.82) is 0 Å². The predicted molar refractivity (Wildman–Crippen MR) is 71.2 cm³/mol. The van der Waals surface area contributed by atoms with Gasteiger partial charge in [0.25, 0.3) is 0 Å². The van der Waals surface area contributed by atoms with Gasteiger partial charge in [-0.15, -0.1) is 0 Å². The van der Waals surface area contributed by atoms with Gasteiger partial charge in [-0.1, -0.05) is 6.07 Å². The number of hydrogen-bond acceptors (Lipinski definition) is 6. The van der Waals surface area contributed by atoms with Crippen molar-refractivity contribution in [2.75, 3.05) is 35.0 Å². The van der Waals surface area contributed by atoms with E-state index in [1.165, 1.54) is 28.4 Å². The van der Waals surface area contributed by atoms with Gasteiger partial charge in [0.15, 0.2) is 17.3 Å². The fourth-order valence-electron chi connectivity index (χ4n) is 1.83. The molecule has 1 aromatic carbocycles. The van der Waals surface area contributed by atoms with E-state index in [0.29, 0.717) is 17.1 Å². The minimum atomic E-state index is -1.04. The lowest BCUT2D eigenvalue weighted by molar-refractivity contribution is -0.146. The Morgan fingerprint density at radius 2 is 1.70 bits per heavy atom. The standard InChI is InChI=1S/C14H18O6/c1-17-8-10(15)13(14(16)20-4)9-5-6-11(18-2)12(7-9)19-3/h5-7,13H,8H2,1-4H3. The first-order chi connectivity index (χ1) is 9.58. The van der Waals surface area contributed by atoms with Crippen LogP contribution in [0.25, 0.3) is 0 Å². The number of esters is 1. The minimum absolute atomic E-state index is 0.173. The van der Waals surface area contributed by atoms with E-state index < -0.39 is 11.9 Å². The van der Waals surface area contributed by atoms with Gasteiger partial charge in [0.1, 0.15) is 12.5 Å². The van der Waals surface area contributed by atoms with E-state index in [9.17, 15) is 9.59 Å². The van der Waals surface area contributed by atoms with Crippen molar-refractivity contribution in [1.82, 2.24) is 0 Å². The summed E-state index contributed by atoms with van der Waals surface area (Å²) in [4.78, 5) is 23.8. The molecule has 0 bridgehead atoms. The first-order valence-corrected chi connectivity index (χ1v) is 5.90. The minimum Gasteiger partial charge on any atom is -0.493 e. The number of benzene rings is 1. The third-order valence-corrected chi connectivity index (χ3v) is 2.79. The lowest BCUT2D eigenvalue weighted by Crippen LogP contribution is -2.26. The molecule has 0 aliphatic heterocycles. The molecule has 110 valence electrons. The highest BCUT2D eigenvalue weighted by atomic mass is 16.5. The molecule has 0 radical (unpaired) electrons. The van der Waals surface area contributed by atoms with Crippen molar-refractivity contribution >= 4 is 11.8 Å². The van der Waals surface area contributed by atoms with Crippen LogP contribution in [0.2, 0.25) is 0 Å². The van der Waals surface area contributed by atoms with E-state index in [1.807, 2.05) is 0 Å². The molecule has 20 heavy (non-hydrogen) atoms. The predicted octanol–water partition coefficient (Wildman–Crippen LogP) is 1.18. The van der Waals surface area contributed by atoms with Gasteiger partial charge in [-0.25, -0.2) is 0 Å². The van der Waals surface area contributed by atoms with Gasteiger partial charge in [0.2, 0.25) is 0 Å². The van der Waals surface area contributed by atoms with E-state index in [0.717, 1.165) is 0 Å². The number of Topliss-reactive ketones (excluding diaryl/α,β-unsaturated/α-hetero) is 1. The Kier molecular flexibility index (Phi) is 5.99. The molecule has 0 fully saturated rings. The van der Waals surface area contributed by atoms with Crippen molar-refractivity contribution < 1.29 is 28.5 Å². The Morgan fingerprint density at radius 3 is 2.20 bits per heavy atom. The number of hydrogen-bond donors (Lipinski definition) is 0. The maximum Gasteiger partial charge on any atom is 0.320 e. The quantitative estimate of drug-likeness (QED) is 0.552. The van der Waals surface area contributed by atoms with Gasteiger partial charge >= 0.3 is 5.97 Å². The molecule has 0 saturated heterocycles. The number of rotatable bonds is 7. The summed E-state index contributed by atoms with van der Waals surface area (Å²) in [5.74, 6) is -1.12. The summed E-state index contributed by atoms with van der Waals surface area (Å²) >= 11 is 0. The summed E-state index contributed by atoms with van der Waals surface area (Å²) in [7, 11) is 5.61. The fourth-order valence-corrected chi connectivity index (χ4v) is 1.83. The molecular formula is C14H18O6. The van der Waals surface area contributed by atoms with Crippen LogP contribution in [0.5, 0.6) is 11.5 Å². The van der Waals surface area contributed by atoms with E-state index >= 15 is 0 Å². The fraction of sp³-hybridized carbons (Fsp3) is 0.429. The summed E-state index contributed by atoms with van der Waals surface area (Å²) in [5.41, 5.74) is 0.469. The maximum atomic E-state index is 12.0. The molecule has 0 aromatic heterocycles.